The lowest BCUT2D eigenvalue weighted by atomic mass is 9.75. The van der Waals surface area contributed by atoms with Gasteiger partial charge in [-0.2, -0.15) is 5.10 Å². The van der Waals surface area contributed by atoms with Crippen LogP contribution in [0.1, 0.15) is 11.4 Å². The predicted molar refractivity (Wildman–Crippen MR) is 91.0 cm³/mol. The van der Waals surface area contributed by atoms with Crippen molar-refractivity contribution in [2.24, 2.45) is 12.5 Å². The molecule has 1 aliphatic rings. The van der Waals surface area contributed by atoms with Gasteiger partial charge in [0.2, 0.25) is 5.91 Å². The van der Waals surface area contributed by atoms with Crippen molar-refractivity contribution in [3.05, 3.63) is 51.2 Å². The molecule has 7 nitrogen and oxygen atoms in total. The number of amides is 1. The number of hydrogen-bond acceptors (Lipinski definition) is 4. The standard InChI is InChI=1S/C16H20ClN5O2/c1-22-13(20-21-15(22)24)6-7-19-14(23)16(9-18-10-16)8-11-2-4-12(17)5-3-11/h2-5,18H,6-10H2,1H3,(H,19,23)(H,21,24). The molecule has 1 saturated heterocycles. The summed E-state index contributed by atoms with van der Waals surface area (Å²) in [5, 5.41) is 13.2. The van der Waals surface area contributed by atoms with Crippen LogP contribution < -0.4 is 16.3 Å². The third-order valence-electron chi connectivity index (χ3n) is 4.47. The number of carbonyl (C=O) groups excluding carboxylic acids is 1. The Morgan fingerprint density at radius 1 is 1.38 bits per heavy atom. The average Bonchev–Trinajstić information content (AvgIpc) is 2.84. The van der Waals surface area contributed by atoms with Gasteiger partial charge in [-0.05, 0) is 24.1 Å². The molecule has 1 aromatic heterocycles. The molecule has 3 N–H and O–H groups in total. The van der Waals surface area contributed by atoms with Gasteiger partial charge < -0.3 is 10.6 Å². The van der Waals surface area contributed by atoms with E-state index < -0.39 is 5.41 Å². The van der Waals surface area contributed by atoms with Crippen LogP contribution in [0.25, 0.3) is 0 Å². The van der Waals surface area contributed by atoms with Crippen molar-refractivity contribution in [3.63, 3.8) is 0 Å². The summed E-state index contributed by atoms with van der Waals surface area (Å²) < 4.78 is 1.44. The van der Waals surface area contributed by atoms with Crippen LogP contribution >= 0.6 is 11.6 Å². The molecule has 2 heterocycles. The summed E-state index contributed by atoms with van der Waals surface area (Å²) in [6.07, 6.45) is 1.18. The smallest absolute Gasteiger partial charge is 0.343 e. The first-order chi connectivity index (χ1) is 11.5. The fraction of sp³-hybridized carbons (Fsp3) is 0.438. The Morgan fingerprint density at radius 3 is 2.62 bits per heavy atom. The molecule has 0 atom stereocenters. The van der Waals surface area contributed by atoms with Crippen LogP contribution in [0.5, 0.6) is 0 Å². The van der Waals surface area contributed by atoms with Crippen LogP contribution in [-0.2, 0) is 24.7 Å². The maximum atomic E-state index is 12.6. The number of nitrogens with zero attached hydrogens (tertiary/aromatic N) is 2. The molecule has 3 rings (SSSR count). The summed E-state index contributed by atoms with van der Waals surface area (Å²) in [7, 11) is 1.65. The van der Waals surface area contributed by atoms with E-state index in [9.17, 15) is 9.59 Å². The van der Waals surface area contributed by atoms with Crippen LogP contribution in [-0.4, -0.2) is 40.3 Å². The van der Waals surface area contributed by atoms with Gasteiger partial charge in [0.25, 0.3) is 0 Å². The lowest BCUT2D eigenvalue weighted by molar-refractivity contribution is -0.133. The molecule has 0 spiro atoms. The minimum absolute atomic E-state index is 0.0248. The number of hydrogen-bond donors (Lipinski definition) is 3. The zero-order chi connectivity index (χ0) is 17.2. The SMILES string of the molecule is Cn1c(CCNC(=O)C2(Cc3ccc(Cl)cc3)CNC2)n[nH]c1=O. The highest BCUT2D eigenvalue weighted by atomic mass is 35.5. The van der Waals surface area contributed by atoms with Gasteiger partial charge in [0, 0.05) is 38.1 Å². The Balaban J connectivity index is 1.58. The van der Waals surface area contributed by atoms with Crippen molar-refractivity contribution in [1.82, 2.24) is 25.4 Å². The van der Waals surface area contributed by atoms with E-state index in [0.717, 1.165) is 5.56 Å². The molecule has 128 valence electrons. The van der Waals surface area contributed by atoms with E-state index in [2.05, 4.69) is 20.8 Å². The third-order valence-corrected chi connectivity index (χ3v) is 4.72. The van der Waals surface area contributed by atoms with E-state index in [1.54, 1.807) is 7.05 Å². The van der Waals surface area contributed by atoms with Gasteiger partial charge in [-0.1, -0.05) is 23.7 Å². The van der Waals surface area contributed by atoms with Crippen molar-refractivity contribution in [2.45, 2.75) is 12.8 Å². The summed E-state index contributed by atoms with van der Waals surface area (Å²) in [6, 6.07) is 7.59. The molecular weight excluding hydrogens is 330 g/mol. The van der Waals surface area contributed by atoms with Crippen LogP contribution in [0.4, 0.5) is 0 Å². The van der Waals surface area contributed by atoms with Gasteiger partial charge in [-0.3, -0.25) is 9.36 Å². The normalized spacial score (nSPS) is 15.8. The Hall–Kier alpha value is -2.12. The highest BCUT2D eigenvalue weighted by Crippen LogP contribution is 2.28. The van der Waals surface area contributed by atoms with Gasteiger partial charge in [0.15, 0.2) is 0 Å². The number of nitrogens with one attached hydrogen (secondary N) is 3. The summed E-state index contributed by atoms with van der Waals surface area (Å²) in [4.78, 5) is 23.9. The molecule has 0 unspecified atom stereocenters. The lowest BCUT2D eigenvalue weighted by Crippen LogP contribution is -2.62. The maximum absolute atomic E-state index is 12.6. The average molecular weight is 350 g/mol. The number of H-pyrrole nitrogens is 1. The van der Waals surface area contributed by atoms with Crippen molar-refractivity contribution >= 4 is 17.5 Å². The molecule has 1 aliphatic heterocycles. The zero-order valence-electron chi connectivity index (χ0n) is 13.4. The lowest BCUT2D eigenvalue weighted by Gasteiger charge is -2.41. The first-order valence-corrected chi connectivity index (χ1v) is 8.22. The van der Waals surface area contributed by atoms with E-state index in [0.29, 0.717) is 43.3 Å². The molecular formula is C16H20ClN5O2. The minimum Gasteiger partial charge on any atom is -0.355 e. The van der Waals surface area contributed by atoms with Crippen molar-refractivity contribution in [3.8, 4) is 0 Å². The monoisotopic (exact) mass is 349 g/mol. The molecule has 0 radical (unpaired) electrons. The van der Waals surface area contributed by atoms with E-state index in [-0.39, 0.29) is 11.6 Å². The highest BCUT2D eigenvalue weighted by Gasteiger charge is 2.43. The van der Waals surface area contributed by atoms with Crippen molar-refractivity contribution in [2.75, 3.05) is 19.6 Å². The van der Waals surface area contributed by atoms with Gasteiger partial charge >= 0.3 is 5.69 Å². The van der Waals surface area contributed by atoms with Crippen LogP contribution in [0, 0.1) is 5.41 Å². The summed E-state index contributed by atoms with van der Waals surface area (Å²) in [5.74, 6) is 0.649. The minimum atomic E-state index is -0.425. The maximum Gasteiger partial charge on any atom is 0.343 e. The number of halogens is 1. The van der Waals surface area contributed by atoms with Crippen molar-refractivity contribution in [1.29, 1.82) is 0 Å². The topological polar surface area (TPSA) is 91.8 Å². The zero-order valence-corrected chi connectivity index (χ0v) is 14.2. The van der Waals surface area contributed by atoms with E-state index >= 15 is 0 Å². The molecule has 0 aliphatic carbocycles. The van der Waals surface area contributed by atoms with Crippen LogP contribution in [0.3, 0.4) is 0 Å². The number of aromatic amines is 1. The predicted octanol–water partition coefficient (Wildman–Crippen LogP) is 0.253. The Labute approximate surface area is 144 Å². The molecule has 1 amide bonds. The molecule has 0 saturated carbocycles. The van der Waals surface area contributed by atoms with E-state index in [1.807, 2.05) is 24.3 Å². The molecule has 1 aromatic carbocycles. The molecule has 24 heavy (non-hydrogen) atoms. The van der Waals surface area contributed by atoms with E-state index in [4.69, 9.17) is 11.6 Å². The molecule has 0 bridgehead atoms. The van der Waals surface area contributed by atoms with Gasteiger partial charge in [0.1, 0.15) is 5.82 Å². The van der Waals surface area contributed by atoms with E-state index in [1.165, 1.54) is 4.57 Å². The highest BCUT2D eigenvalue weighted by molar-refractivity contribution is 6.30. The van der Waals surface area contributed by atoms with Gasteiger partial charge in [0.05, 0.1) is 5.41 Å². The molecule has 8 heteroatoms. The van der Waals surface area contributed by atoms with Crippen LogP contribution in [0.2, 0.25) is 5.02 Å². The van der Waals surface area contributed by atoms with Crippen LogP contribution in [0.15, 0.2) is 29.1 Å². The number of aromatic nitrogens is 3. The molecule has 2 aromatic rings. The largest absolute Gasteiger partial charge is 0.355 e. The Bertz CT molecular complexity index is 777. The summed E-state index contributed by atoms with van der Waals surface area (Å²) in [6.45, 7) is 1.75. The summed E-state index contributed by atoms with van der Waals surface area (Å²) in [5.41, 5.74) is 0.412. The Kier molecular flexibility index (Phi) is 4.73. The van der Waals surface area contributed by atoms with Gasteiger partial charge in [-0.15, -0.1) is 0 Å². The second-order valence-electron chi connectivity index (χ2n) is 6.20. The molecule has 1 fully saturated rings. The number of carbonyl (C=O) groups is 1. The summed E-state index contributed by atoms with van der Waals surface area (Å²) >= 11 is 5.91. The first kappa shape index (κ1) is 16.7. The second kappa shape index (κ2) is 6.78. The number of rotatable bonds is 6. The first-order valence-electron chi connectivity index (χ1n) is 7.84. The fourth-order valence-corrected chi connectivity index (χ4v) is 2.99. The second-order valence-corrected chi connectivity index (χ2v) is 6.63. The van der Waals surface area contributed by atoms with Crippen molar-refractivity contribution < 1.29 is 4.79 Å². The third kappa shape index (κ3) is 3.37. The number of benzene rings is 1. The quantitative estimate of drug-likeness (QED) is 0.697. The Morgan fingerprint density at radius 2 is 2.08 bits per heavy atom. The fourth-order valence-electron chi connectivity index (χ4n) is 2.86. The van der Waals surface area contributed by atoms with Gasteiger partial charge in [-0.25, -0.2) is 9.89 Å².